The van der Waals surface area contributed by atoms with Gasteiger partial charge in [0, 0.05) is 30.9 Å². The van der Waals surface area contributed by atoms with Gasteiger partial charge in [-0.25, -0.2) is 0 Å². The number of halogens is 1. The van der Waals surface area contributed by atoms with E-state index in [1.807, 2.05) is 25.1 Å². The smallest absolute Gasteiger partial charge is 0.244 e. The van der Waals surface area contributed by atoms with Crippen LogP contribution in [0.25, 0.3) is 6.08 Å². The summed E-state index contributed by atoms with van der Waals surface area (Å²) in [5.74, 6) is 0.855. The predicted molar refractivity (Wildman–Crippen MR) is 99.2 cm³/mol. The van der Waals surface area contributed by atoms with Crippen LogP contribution in [0.4, 0.5) is 0 Å². The molecule has 0 fully saturated rings. The van der Waals surface area contributed by atoms with Crippen LogP contribution < -0.4 is 14.8 Å². The Morgan fingerprint density at radius 2 is 2.20 bits per heavy atom. The highest BCUT2D eigenvalue weighted by Gasteiger charge is 2.10. The second-order valence-electron chi connectivity index (χ2n) is 5.16. The first-order valence-corrected chi connectivity index (χ1v) is 8.38. The highest BCUT2D eigenvalue weighted by atomic mass is 35.5. The van der Waals surface area contributed by atoms with Gasteiger partial charge in [-0.3, -0.25) is 9.78 Å². The summed E-state index contributed by atoms with van der Waals surface area (Å²) in [6.07, 6.45) is 5.56. The van der Waals surface area contributed by atoms with Gasteiger partial charge < -0.3 is 14.8 Å². The number of ether oxygens (including phenoxy) is 2. The molecule has 1 heterocycles. The van der Waals surface area contributed by atoms with E-state index in [1.54, 1.807) is 31.5 Å². The Hall–Kier alpha value is -2.53. The number of rotatable bonds is 8. The quantitative estimate of drug-likeness (QED) is 0.732. The maximum atomic E-state index is 11.9. The second kappa shape index (κ2) is 9.69. The van der Waals surface area contributed by atoms with E-state index in [-0.39, 0.29) is 5.91 Å². The lowest BCUT2D eigenvalue weighted by Crippen LogP contribution is -2.23. The van der Waals surface area contributed by atoms with Crippen molar-refractivity contribution in [1.29, 1.82) is 0 Å². The zero-order valence-corrected chi connectivity index (χ0v) is 15.0. The number of benzene rings is 1. The van der Waals surface area contributed by atoms with E-state index in [9.17, 15) is 4.79 Å². The Balaban J connectivity index is 1.94. The van der Waals surface area contributed by atoms with Gasteiger partial charge in [0.15, 0.2) is 11.5 Å². The van der Waals surface area contributed by atoms with E-state index in [0.29, 0.717) is 36.1 Å². The Morgan fingerprint density at radius 3 is 2.88 bits per heavy atom. The van der Waals surface area contributed by atoms with Crippen LogP contribution in [-0.4, -0.2) is 31.2 Å². The molecule has 1 amide bonds. The van der Waals surface area contributed by atoms with Crippen LogP contribution in [0.3, 0.4) is 0 Å². The van der Waals surface area contributed by atoms with Crippen molar-refractivity contribution < 1.29 is 14.3 Å². The van der Waals surface area contributed by atoms with Crippen molar-refractivity contribution in [3.05, 3.63) is 58.9 Å². The van der Waals surface area contributed by atoms with Crippen molar-refractivity contribution in [2.75, 3.05) is 20.3 Å². The van der Waals surface area contributed by atoms with Crippen LogP contribution in [0.2, 0.25) is 5.02 Å². The number of hydrogen-bond acceptors (Lipinski definition) is 4. The summed E-state index contributed by atoms with van der Waals surface area (Å²) >= 11 is 6.21. The Kier molecular flexibility index (Phi) is 7.29. The van der Waals surface area contributed by atoms with Gasteiger partial charge in [0.25, 0.3) is 0 Å². The van der Waals surface area contributed by atoms with Gasteiger partial charge in [0.05, 0.1) is 18.7 Å². The molecule has 0 aliphatic rings. The number of carbonyl (C=O) groups is 1. The van der Waals surface area contributed by atoms with Gasteiger partial charge >= 0.3 is 0 Å². The van der Waals surface area contributed by atoms with Crippen LogP contribution in [0.1, 0.15) is 18.2 Å². The van der Waals surface area contributed by atoms with Crippen molar-refractivity contribution in [1.82, 2.24) is 10.3 Å². The average Bonchev–Trinajstić information content (AvgIpc) is 2.62. The summed E-state index contributed by atoms with van der Waals surface area (Å²) < 4.78 is 10.8. The molecule has 1 aromatic heterocycles. The number of hydrogen-bond donors (Lipinski definition) is 1. The fourth-order valence-electron chi connectivity index (χ4n) is 2.21. The summed E-state index contributed by atoms with van der Waals surface area (Å²) in [7, 11) is 1.55. The standard InChI is InChI=1S/C19H21ClN2O3/c1-3-25-19-16(20)12-14(13-17(19)24-2)7-8-18(23)22-11-9-15-6-4-5-10-21-15/h4-8,10,12-13H,3,9,11H2,1-2H3,(H,22,23)/b8-7+. The first-order chi connectivity index (χ1) is 12.1. The molecule has 0 spiro atoms. The SMILES string of the molecule is CCOc1c(Cl)cc(/C=C/C(=O)NCCc2ccccn2)cc1OC. The highest BCUT2D eigenvalue weighted by Crippen LogP contribution is 2.36. The number of pyridine rings is 1. The van der Waals surface area contributed by atoms with Crippen molar-refractivity contribution in [3.63, 3.8) is 0 Å². The van der Waals surface area contributed by atoms with Gasteiger partial charge in [-0.2, -0.15) is 0 Å². The van der Waals surface area contributed by atoms with Crippen LogP contribution >= 0.6 is 11.6 Å². The fourth-order valence-corrected chi connectivity index (χ4v) is 2.48. The van der Waals surface area contributed by atoms with E-state index in [0.717, 1.165) is 11.3 Å². The summed E-state index contributed by atoms with van der Waals surface area (Å²) in [4.78, 5) is 16.1. The molecule has 2 aromatic rings. The normalized spacial score (nSPS) is 10.7. The first kappa shape index (κ1) is 18.8. The minimum atomic E-state index is -0.181. The molecule has 0 saturated heterocycles. The fraction of sp³-hybridized carbons (Fsp3) is 0.263. The third-order valence-corrected chi connectivity index (χ3v) is 3.65. The third-order valence-electron chi connectivity index (χ3n) is 3.37. The number of nitrogens with zero attached hydrogens (tertiary/aromatic N) is 1. The van der Waals surface area contributed by atoms with Crippen molar-refractivity contribution in [2.45, 2.75) is 13.3 Å². The molecule has 0 aliphatic heterocycles. The lowest BCUT2D eigenvalue weighted by molar-refractivity contribution is -0.116. The minimum absolute atomic E-state index is 0.181. The molecule has 132 valence electrons. The van der Waals surface area contributed by atoms with Crippen molar-refractivity contribution in [3.8, 4) is 11.5 Å². The van der Waals surface area contributed by atoms with Gasteiger partial charge in [0.1, 0.15) is 0 Å². The lowest BCUT2D eigenvalue weighted by atomic mass is 10.2. The molecular formula is C19H21ClN2O3. The highest BCUT2D eigenvalue weighted by molar-refractivity contribution is 6.32. The molecule has 0 unspecified atom stereocenters. The lowest BCUT2D eigenvalue weighted by Gasteiger charge is -2.11. The molecule has 0 saturated carbocycles. The van der Waals surface area contributed by atoms with Crippen LogP contribution in [0.15, 0.2) is 42.6 Å². The molecule has 5 nitrogen and oxygen atoms in total. The summed E-state index contributed by atoms with van der Waals surface area (Å²) in [5, 5.41) is 3.26. The maximum absolute atomic E-state index is 11.9. The zero-order chi connectivity index (χ0) is 18.1. The zero-order valence-electron chi connectivity index (χ0n) is 14.3. The topological polar surface area (TPSA) is 60.5 Å². The van der Waals surface area contributed by atoms with Crippen LogP contribution in [-0.2, 0) is 11.2 Å². The number of aromatic nitrogens is 1. The summed E-state index contributed by atoms with van der Waals surface area (Å²) in [5.41, 5.74) is 1.69. The Morgan fingerprint density at radius 1 is 1.36 bits per heavy atom. The maximum Gasteiger partial charge on any atom is 0.244 e. The second-order valence-corrected chi connectivity index (χ2v) is 5.57. The number of carbonyl (C=O) groups excluding carboxylic acids is 1. The molecular weight excluding hydrogens is 340 g/mol. The molecule has 2 rings (SSSR count). The van der Waals surface area contributed by atoms with E-state index >= 15 is 0 Å². The van der Waals surface area contributed by atoms with Crippen molar-refractivity contribution in [2.24, 2.45) is 0 Å². The van der Waals surface area contributed by atoms with Crippen LogP contribution in [0.5, 0.6) is 11.5 Å². The number of amides is 1. The summed E-state index contributed by atoms with van der Waals surface area (Å²) in [6, 6.07) is 9.21. The Labute approximate surface area is 152 Å². The summed E-state index contributed by atoms with van der Waals surface area (Å²) in [6.45, 7) is 2.89. The van der Waals surface area contributed by atoms with Gasteiger partial charge in [0.2, 0.25) is 5.91 Å². The van der Waals surface area contributed by atoms with E-state index in [1.165, 1.54) is 6.08 Å². The Bertz CT molecular complexity index is 733. The minimum Gasteiger partial charge on any atom is -0.493 e. The van der Waals surface area contributed by atoms with E-state index < -0.39 is 0 Å². The molecule has 0 bridgehead atoms. The average molecular weight is 361 g/mol. The van der Waals surface area contributed by atoms with Gasteiger partial charge in [-0.05, 0) is 42.8 Å². The number of nitrogens with one attached hydrogen (secondary N) is 1. The number of methoxy groups -OCH3 is 1. The van der Waals surface area contributed by atoms with Gasteiger partial charge in [-0.15, -0.1) is 0 Å². The molecule has 1 aromatic carbocycles. The largest absolute Gasteiger partial charge is 0.493 e. The monoisotopic (exact) mass is 360 g/mol. The van der Waals surface area contributed by atoms with Crippen LogP contribution in [0, 0.1) is 0 Å². The van der Waals surface area contributed by atoms with E-state index in [4.69, 9.17) is 21.1 Å². The molecule has 0 radical (unpaired) electrons. The molecule has 0 atom stereocenters. The first-order valence-electron chi connectivity index (χ1n) is 8.00. The van der Waals surface area contributed by atoms with Gasteiger partial charge in [-0.1, -0.05) is 17.7 Å². The van der Waals surface area contributed by atoms with Crippen molar-refractivity contribution >= 4 is 23.6 Å². The molecule has 6 heteroatoms. The third kappa shape index (κ3) is 5.80. The molecule has 25 heavy (non-hydrogen) atoms. The molecule has 1 N–H and O–H groups in total. The van der Waals surface area contributed by atoms with E-state index in [2.05, 4.69) is 10.3 Å². The molecule has 0 aliphatic carbocycles. The predicted octanol–water partition coefficient (Wildman–Crippen LogP) is 3.51.